The maximum Gasteiger partial charge on any atom is 0.311 e. The van der Waals surface area contributed by atoms with Crippen molar-refractivity contribution in [2.75, 3.05) is 12.4 Å². The van der Waals surface area contributed by atoms with E-state index in [0.717, 1.165) is 0 Å². The Kier molecular flexibility index (Phi) is 3.62. The van der Waals surface area contributed by atoms with Crippen molar-refractivity contribution in [3.05, 3.63) is 27.8 Å². The Hall–Kier alpha value is -1.89. The van der Waals surface area contributed by atoms with Crippen LogP contribution in [0.15, 0.2) is 12.1 Å². The summed E-state index contributed by atoms with van der Waals surface area (Å²) in [5.41, 5.74) is 6.50. The van der Waals surface area contributed by atoms with Crippen LogP contribution in [0.5, 0.6) is 5.75 Å². The fourth-order valence-corrected chi connectivity index (χ4v) is 1.36. The Labute approximate surface area is 97.5 Å². The van der Waals surface area contributed by atoms with Crippen molar-refractivity contribution >= 4 is 28.7 Å². The van der Waals surface area contributed by atoms with Crippen molar-refractivity contribution in [3.8, 4) is 5.75 Å². The lowest BCUT2D eigenvalue weighted by molar-refractivity contribution is -0.385. The number of aryl methyl sites for hydroxylation is 1. The molecule has 16 heavy (non-hydrogen) atoms. The van der Waals surface area contributed by atoms with Crippen LogP contribution in [0, 0.1) is 17.0 Å². The van der Waals surface area contributed by atoms with Crippen LogP contribution in [0.2, 0.25) is 0 Å². The Morgan fingerprint density at radius 3 is 2.69 bits per heavy atom. The molecular formula is C9H11N3O3S. The number of nitrogens with two attached hydrogens (primary N) is 1. The standard InChI is InChI=1S/C9H11N3O3S/c1-5-3-7(12(13)14)8(15-2)4-6(5)11-9(10)16/h3-4H,1-2H3,(H3,10,11,16). The zero-order valence-corrected chi connectivity index (χ0v) is 9.63. The van der Waals surface area contributed by atoms with Crippen LogP contribution in [-0.2, 0) is 0 Å². The predicted molar refractivity (Wildman–Crippen MR) is 64.8 cm³/mol. The highest BCUT2D eigenvalue weighted by Crippen LogP contribution is 2.32. The highest BCUT2D eigenvalue weighted by atomic mass is 32.1. The van der Waals surface area contributed by atoms with Crippen molar-refractivity contribution in [3.63, 3.8) is 0 Å². The average Bonchev–Trinajstić information content (AvgIpc) is 2.19. The molecule has 1 rings (SSSR count). The van der Waals surface area contributed by atoms with E-state index in [1.165, 1.54) is 19.2 Å². The summed E-state index contributed by atoms with van der Waals surface area (Å²) < 4.78 is 4.92. The fraction of sp³-hybridized carbons (Fsp3) is 0.222. The molecule has 0 amide bonds. The number of hydrogen-bond acceptors (Lipinski definition) is 4. The molecule has 0 aromatic heterocycles. The summed E-state index contributed by atoms with van der Waals surface area (Å²) in [7, 11) is 1.36. The second kappa shape index (κ2) is 4.75. The highest BCUT2D eigenvalue weighted by molar-refractivity contribution is 7.80. The number of methoxy groups -OCH3 is 1. The Morgan fingerprint density at radius 2 is 2.25 bits per heavy atom. The topological polar surface area (TPSA) is 90.4 Å². The van der Waals surface area contributed by atoms with Crippen LogP contribution in [0.1, 0.15) is 5.56 Å². The van der Waals surface area contributed by atoms with Crippen molar-refractivity contribution in [2.45, 2.75) is 6.92 Å². The van der Waals surface area contributed by atoms with Gasteiger partial charge in [-0.1, -0.05) is 0 Å². The second-order valence-corrected chi connectivity index (χ2v) is 3.53. The number of nitro benzene ring substituents is 1. The first kappa shape index (κ1) is 12.2. The molecule has 1 aromatic carbocycles. The third-order valence-corrected chi connectivity index (χ3v) is 2.08. The zero-order chi connectivity index (χ0) is 12.3. The number of ether oxygens (including phenoxy) is 1. The molecule has 0 saturated heterocycles. The predicted octanol–water partition coefficient (Wildman–Crippen LogP) is 1.57. The van der Waals surface area contributed by atoms with Crippen molar-refractivity contribution in [1.82, 2.24) is 0 Å². The molecule has 0 radical (unpaired) electrons. The van der Waals surface area contributed by atoms with Crippen LogP contribution < -0.4 is 15.8 Å². The van der Waals surface area contributed by atoms with Gasteiger partial charge >= 0.3 is 5.69 Å². The molecule has 0 aliphatic carbocycles. The maximum atomic E-state index is 10.7. The number of nitrogens with one attached hydrogen (secondary N) is 1. The molecule has 0 spiro atoms. The van der Waals surface area contributed by atoms with Gasteiger partial charge in [-0.3, -0.25) is 10.1 Å². The van der Waals surface area contributed by atoms with Gasteiger partial charge in [-0.2, -0.15) is 0 Å². The first-order valence-corrected chi connectivity index (χ1v) is 4.76. The molecule has 0 aliphatic rings. The quantitative estimate of drug-likeness (QED) is 0.474. The number of thiocarbonyl (C=S) groups is 1. The van der Waals surface area contributed by atoms with E-state index in [1.54, 1.807) is 6.92 Å². The molecule has 0 atom stereocenters. The number of benzene rings is 1. The summed E-state index contributed by atoms with van der Waals surface area (Å²) in [5.74, 6) is 0.161. The van der Waals surface area contributed by atoms with Crippen molar-refractivity contribution < 1.29 is 9.66 Å². The van der Waals surface area contributed by atoms with E-state index >= 15 is 0 Å². The lowest BCUT2D eigenvalue weighted by Gasteiger charge is -2.10. The lowest BCUT2D eigenvalue weighted by atomic mass is 10.1. The van der Waals surface area contributed by atoms with E-state index in [4.69, 9.17) is 22.7 Å². The molecule has 0 unspecified atom stereocenters. The monoisotopic (exact) mass is 241 g/mol. The first-order valence-electron chi connectivity index (χ1n) is 4.35. The van der Waals surface area contributed by atoms with Gasteiger partial charge in [-0.15, -0.1) is 0 Å². The molecule has 0 aliphatic heterocycles. The summed E-state index contributed by atoms with van der Waals surface area (Å²) in [5, 5.41) is 13.5. The number of nitro groups is 1. The smallest absolute Gasteiger partial charge is 0.311 e. The van der Waals surface area contributed by atoms with Crippen molar-refractivity contribution in [1.29, 1.82) is 0 Å². The highest BCUT2D eigenvalue weighted by Gasteiger charge is 2.17. The Morgan fingerprint density at radius 1 is 1.62 bits per heavy atom. The maximum absolute atomic E-state index is 10.7. The van der Waals surface area contributed by atoms with Gasteiger partial charge in [0.2, 0.25) is 0 Å². The molecule has 0 heterocycles. The van der Waals surface area contributed by atoms with Crippen LogP contribution in [-0.4, -0.2) is 17.1 Å². The van der Waals surface area contributed by atoms with E-state index in [9.17, 15) is 10.1 Å². The molecule has 7 heteroatoms. The Balaban J connectivity index is 3.25. The first-order chi connectivity index (χ1) is 7.45. The zero-order valence-electron chi connectivity index (χ0n) is 8.81. The number of rotatable bonds is 3. The summed E-state index contributed by atoms with van der Waals surface area (Å²) in [6.07, 6.45) is 0. The lowest BCUT2D eigenvalue weighted by Crippen LogP contribution is -2.19. The molecular weight excluding hydrogens is 230 g/mol. The van der Waals surface area contributed by atoms with Gasteiger partial charge < -0.3 is 15.8 Å². The van der Waals surface area contributed by atoms with Crippen LogP contribution in [0.4, 0.5) is 11.4 Å². The third kappa shape index (κ3) is 2.57. The van der Waals surface area contributed by atoms with Gasteiger partial charge in [-0.05, 0) is 24.7 Å². The summed E-state index contributed by atoms with van der Waals surface area (Å²) in [6.45, 7) is 1.72. The summed E-state index contributed by atoms with van der Waals surface area (Å²) >= 11 is 4.69. The number of nitrogens with zero attached hydrogens (tertiary/aromatic N) is 1. The van der Waals surface area contributed by atoms with E-state index in [1.807, 2.05) is 0 Å². The summed E-state index contributed by atoms with van der Waals surface area (Å²) in [6, 6.07) is 2.89. The largest absolute Gasteiger partial charge is 0.490 e. The van der Waals surface area contributed by atoms with E-state index in [-0.39, 0.29) is 16.5 Å². The second-order valence-electron chi connectivity index (χ2n) is 3.09. The van der Waals surface area contributed by atoms with Gasteiger partial charge in [0.05, 0.1) is 12.0 Å². The number of hydrogen-bond donors (Lipinski definition) is 2. The normalized spacial score (nSPS) is 9.62. The van der Waals surface area contributed by atoms with Gasteiger partial charge in [0.15, 0.2) is 10.9 Å². The minimum atomic E-state index is -0.504. The SMILES string of the molecule is COc1cc(NC(N)=S)c(C)cc1[N+](=O)[O-]. The van der Waals surface area contributed by atoms with E-state index in [0.29, 0.717) is 11.3 Å². The summed E-state index contributed by atoms with van der Waals surface area (Å²) in [4.78, 5) is 10.2. The Bertz CT molecular complexity index is 448. The van der Waals surface area contributed by atoms with Gasteiger partial charge in [-0.25, -0.2) is 0 Å². The molecule has 0 saturated carbocycles. The van der Waals surface area contributed by atoms with Gasteiger partial charge in [0.1, 0.15) is 0 Å². The van der Waals surface area contributed by atoms with E-state index in [2.05, 4.69) is 5.32 Å². The molecule has 6 nitrogen and oxygen atoms in total. The van der Waals surface area contributed by atoms with Gasteiger partial charge in [0, 0.05) is 17.8 Å². The molecule has 86 valence electrons. The third-order valence-electron chi connectivity index (χ3n) is 1.98. The van der Waals surface area contributed by atoms with Crippen LogP contribution in [0.25, 0.3) is 0 Å². The molecule has 1 aromatic rings. The van der Waals surface area contributed by atoms with Gasteiger partial charge in [0.25, 0.3) is 0 Å². The van der Waals surface area contributed by atoms with Crippen LogP contribution in [0.3, 0.4) is 0 Å². The fourth-order valence-electron chi connectivity index (χ4n) is 1.25. The minimum absolute atomic E-state index is 0.0894. The minimum Gasteiger partial charge on any atom is -0.490 e. The average molecular weight is 241 g/mol. The van der Waals surface area contributed by atoms with E-state index < -0.39 is 4.92 Å². The van der Waals surface area contributed by atoms with Crippen molar-refractivity contribution in [2.24, 2.45) is 5.73 Å². The number of anilines is 1. The molecule has 0 bridgehead atoms. The molecule has 0 fully saturated rings. The molecule has 3 N–H and O–H groups in total. The van der Waals surface area contributed by atoms with Crippen LogP contribution >= 0.6 is 12.2 Å².